The van der Waals surface area contributed by atoms with E-state index in [1.54, 1.807) is 0 Å². The largest absolute Gasteiger partial charge is 0.349 e. The van der Waals surface area contributed by atoms with Crippen LogP contribution < -0.4 is 5.73 Å². The van der Waals surface area contributed by atoms with Crippen LogP contribution in [0.1, 0.15) is 19.4 Å². The minimum atomic E-state index is -0.176. The van der Waals surface area contributed by atoms with Gasteiger partial charge < -0.3 is 10.3 Å². The van der Waals surface area contributed by atoms with Crippen molar-refractivity contribution in [3.63, 3.8) is 0 Å². The van der Waals surface area contributed by atoms with Gasteiger partial charge in [-0.25, -0.2) is 0 Å². The normalized spacial score (nSPS) is 12.3. The van der Waals surface area contributed by atoms with Gasteiger partial charge in [-0.15, -0.1) is 0 Å². The third kappa shape index (κ3) is 2.15. The molecule has 2 nitrogen and oxygen atoms in total. The molecule has 1 heterocycles. The maximum Gasteiger partial charge on any atom is 0.0522 e. The molecule has 2 rings (SSSR count). The van der Waals surface area contributed by atoms with Crippen LogP contribution in [0.25, 0.3) is 10.9 Å². The van der Waals surface area contributed by atoms with Crippen molar-refractivity contribution in [2.75, 3.05) is 0 Å². The fourth-order valence-corrected chi connectivity index (χ4v) is 2.77. The number of nitrogens with two attached hydrogens (primary N) is 1. The highest BCUT2D eigenvalue weighted by atomic mass is 79.9. The lowest BCUT2D eigenvalue weighted by Crippen LogP contribution is -2.34. The number of para-hydroxylation sites is 1. The monoisotopic (exact) mass is 280 g/mol. The summed E-state index contributed by atoms with van der Waals surface area (Å²) < 4.78 is 3.29. The summed E-state index contributed by atoms with van der Waals surface area (Å²) >= 11 is 3.58. The molecule has 2 aromatic rings. The molecule has 3 heteroatoms. The number of benzene rings is 1. The maximum absolute atomic E-state index is 6.09. The average molecular weight is 281 g/mol. The number of aromatic nitrogens is 1. The molecule has 0 saturated heterocycles. The van der Waals surface area contributed by atoms with Gasteiger partial charge in [-0.1, -0.05) is 18.2 Å². The molecule has 0 radical (unpaired) electrons. The first-order valence-electron chi connectivity index (χ1n) is 5.40. The zero-order valence-electron chi connectivity index (χ0n) is 9.92. The maximum atomic E-state index is 6.09. The highest BCUT2D eigenvalue weighted by molar-refractivity contribution is 9.10. The van der Waals surface area contributed by atoms with Crippen LogP contribution >= 0.6 is 15.9 Å². The smallest absolute Gasteiger partial charge is 0.0522 e. The molecule has 16 heavy (non-hydrogen) atoms. The second kappa shape index (κ2) is 3.90. The molecule has 0 aliphatic carbocycles. The van der Waals surface area contributed by atoms with Crippen molar-refractivity contribution >= 4 is 26.8 Å². The van der Waals surface area contributed by atoms with Crippen LogP contribution in [0.4, 0.5) is 0 Å². The van der Waals surface area contributed by atoms with Gasteiger partial charge in [0.15, 0.2) is 0 Å². The Balaban J connectivity index is 2.62. The topological polar surface area (TPSA) is 30.9 Å². The molecular weight excluding hydrogens is 264 g/mol. The van der Waals surface area contributed by atoms with E-state index in [0.29, 0.717) is 0 Å². The Kier molecular flexibility index (Phi) is 2.84. The molecule has 1 aromatic heterocycles. The summed E-state index contributed by atoms with van der Waals surface area (Å²) in [5.41, 5.74) is 8.49. The van der Waals surface area contributed by atoms with E-state index in [9.17, 15) is 0 Å². The zero-order chi connectivity index (χ0) is 11.9. The van der Waals surface area contributed by atoms with Crippen LogP contribution in [-0.2, 0) is 13.5 Å². The number of aryl methyl sites for hydroxylation is 1. The van der Waals surface area contributed by atoms with Crippen molar-refractivity contribution in [2.24, 2.45) is 12.8 Å². The van der Waals surface area contributed by atoms with Gasteiger partial charge >= 0.3 is 0 Å². The van der Waals surface area contributed by atoms with Crippen molar-refractivity contribution in [3.05, 3.63) is 34.4 Å². The van der Waals surface area contributed by atoms with Gasteiger partial charge in [0.05, 0.1) is 5.52 Å². The molecular formula is C13H17BrN2. The summed E-state index contributed by atoms with van der Waals surface area (Å²) in [7, 11) is 2.07. The summed E-state index contributed by atoms with van der Waals surface area (Å²) in [6.07, 6.45) is 2.98. The van der Waals surface area contributed by atoms with Crippen molar-refractivity contribution in [1.82, 2.24) is 4.57 Å². The van der Waals surface area contributed by atoms with E-state index in [2.05, 4.69) is 65.8 Å². The Hall–Kier alpha value is -0.800. The fraction of sp³-hybridized carbons (Fsp3) is 0.385. The van der Waals surface area contributed by atoms with Crippen molar-refractivity contribution in [2.45, 2.75) is 25.8 Å². The van der Waals surface area contributed by atoms with E-state index >= 15 is 0 Å². The second-order valence-corrected chi connectivity index (χ2v) is 5.92. The van der Waals surface area contributed by atoms with Crippen LogP contribution in [0.5, 0.6) is 0 Å². The van der Waals surface area contributed by atoms with Gasteiger partial charge in [-0.3, -0.25) is 0 Å². The van der Waals surface area contributed by atoms with Gasteiger partial charge in [0, 0.05) is 28.6 Å². The summed E-state index contributed by atoms with van der Waals surface area (Å²) in [5, 5.41) is 1.25. The third-order valence-electron chi connectivity index (χ3n) is 2.68. The summed E-state index contributed by atoms with van der Waals surface area (Å²) in [6, 6.07) is 6.38. The Morgan fingerprint density at radius 3 is 2.69 bits per heavy atom. The van der Waals surface area contributed by atoms with Crippen LogP contribution in [-0.4, -0.2) is 10.1 Å². The first kappa shape index (κ1) is 11.7. The number of hydrogen-bond donors (Lipinski definition) is 1. The number of nitrogens with zero attached hydrogens (tertiary/aromatic N) is 1. The Bertz CT molecular complexity index is 520. The second-order valence-electron chi connectivity index (χ2n) is 5.07. The molecule has 0 aliphatic rings. The predicted octanol–water partition coefficient (Wildman–Crippen LogP) is 3.22. The average Bonchev–Trinajstić information content (AvgIpc) is 2.41. The molecule has 0 unspecified atom stereocenters. The van der Waals surface area contributed by atoms with E-state index in [-0.39, 0.29) is 5.54 Å². The van der Waals surface area contributed by atoms with E-state index in [1.807, 2.05) is 0 Å². The SMILES string of the molecule is Cn1cc(Br)c2cccc(CC(C)(C)N)c21. The van der Waals surface area contributed by atoms with Gasteiger partial charge in [0.2, 0.25) is 0 Å². The minimum absolute atomic E-state index is 0.176. The molecule has 2 N–H and O–H groups in total. The number of hydrogen-bond acceptors (Lipinski definition) is 1. The number of halogens is 1. The molecule has 86 valence electrons. The Labute approximate surface area is 105 Å². The molecule has 0 atom stereocenters. The lowest BCUT2D eigenvalue weighted by atomic mass is 9.95. The molecule has 1 aromatic carbocycles. The molecule has 0 aliphatic heterocycles. The van der Waals surface area contributed by atoms with Gasteiger partial charge in [-0.05, 0) is 41.8 Å². The minimum Gasteiger partial charge on any atom is -0.349 e. The molecule has 0 bridgehead atoms. The summed E-state index contributed by atoms with van der Waals surface area (Å²) in [5.74, 6) is 0. The van der Waals surface area contributed by atoms with Gasteiger partial charge in [0.25, 0.3) is 0 Å². The van der Waals surface area contributed by atoms with E-state index in [4.69, 9.17) is 5.73 Å². The number of fused-ring (bicyclic) bond motifs is 1. The lowest BCUT2D eigenvalue weighted by Gasteiger charge is -2.19. The van der Waals surface area contributed by atoms with Crippen LogP contribution in [0.2, 0.25) is 0 Å². The lowest BCUT2D eigenvalue weighted by molar-refractivity contribution is 0.517. The highest BCUT2D eigenvalue weighted by Gasteiger charge is 2.15. The van der Waals surface area contributed by atoms with Crippen molar-refractivity contribution in [1.29, 1.82) is 0 Å². The van der Waals surface area contributed by atoms with Crippen LogP contribution in [0.15, 0.2) is 28.9 Å². The van der Waals surface area contributed by atoms with Crippen molar-refractivity contribution in [3.8, 4) is 0 Å². The number of rotatable bonds is 2. The molecule has 0 fully saturated rings. The molecule has 0 amide bonds. The quantitative estimate of drug-likeness (QED) is 0.900. The van der Waals surface area contributed by atoms with E-state index in [1.165, 1.54) is 16.5 Å². The standard InChI is InChI=1S/C13H17BrN2/c1-13(2,15)7-9-5-4-6-10-11(14)8-16(3)12(9)10/h4-6,8H,7,15H2,1-3H3. The highest BCUT2D eigenvalue weighted by Crippen LogP contribution is 2.29. The molecule has 0 saturated carbocycles. The Morgan fingerprint density at radius 2 is 2.06 bits per heavy atom. The van der Waals surface area contributed by atoms with Crippen molar-refractivity contribution < 1.29 is 0 Å². The van der Waals surface area contributed by atoms with Gasteiger partial charge in [-0.2, -0.15) is 0 Å². The predicted molar refractivity (Wildman–Crippen MR) is 72.6 cm³/mol. The van der Waals surface area contributed by atoms with E-state index in [0.717, 1.165) is 10.9 Å². The zero-order valence-corrected chi connectivity index (χ0v) is 11.5. The fourth-order valence-electron chi connectivity index (χ4n) is 2.14. The van der Waals surface area contributed by atoms with Gasteiger partial charge in [0.1, 0.15) is 0 Å². The summed E-state index contributed by atoms with van der Waals surface area (Å²) in [6.45, 7) is 4.12. The first-order valence-corrected chi connectivity index (χ1v) is 6.19. The van der Waals surface area contributed by atoms with Crippen LogP contribution in [0.3, 0.4) is 0 Å². The van der Waals surface area contributed by atoms with E-state index < -0.39 is 0 Å². The first-order chi connectivity index (χ1) is 7.38. The van der Waals surface area contributed by atoms with Crippen LogP contribution in [0, 0.1) is 0 Å². The Morgan fingerprint density at radius 1 is 1.38 bits per heavy atom. The molecule has 0 spiro atoms. The summed E-state index contributed by atoms with van der Waals surface area (Å²) in [4.78, 5) is 0. The third-order valence-corrected chi connectivity index (χ3v) is 3.31.